The molecule has 2 amide bonds. The van der Waals surface area contributed by atoms with E-state index in [1.54, 1.807) is 24.3 Å². The second-order valence-electron chi connectivity index (χ2n) is 5.53. The van der Waals surface area contributed by atoms with Crippen molar-refractivity contribution in [1.29, 1.82) is 0 Å². The van der Waals surface area contributed by atoms with Crippen LogP contribution in [0.4, 0.5) is 5.69 Å². The molecule has 2 aromatic carbocycles. The minimum atomic E-state index is -0.786. The van der Waals surface area contributed by atoms with Crippen LogP contribution < -0.4 is 25.3 Å². The highest BCUT2D eigenvalue weighted by Gasteiger charge is 2.22. The molecule has 0 saturated carbocycles. The Kier molecular flexibility index (Phi) is 4.89. The predicted octanol–water partition coefficient (Wildman–Crippen LogP) is 2.81. The van der Waals surface area contributed by atoms with Gasteiger partial charge in [-0.1, -0.05) is 12.1 Å². The number of benzene rings is 2. The highest BCUT2D eigenvalue weighted by atomic mass is 16.5. The maximum Gasteiger partial charge on any atom is 0.286 e. The van der Waals surface area contributed by atoms with E-state index in [1.165, 1.54) is 33.5 Å². The zero-order valence-electron chi connectivity index (χ0n) is 15.0. The fourth-order valence-electron chi connectivity index (χ4n) is 2.74. The van der Waals surface area contributed by atoms with Crippen molar-refractivity contribution in [2.75, 3.05) is 26.6 Å². The van der Waals surface area contributed by atoms with Gasteiger partial charge in [-0.3, -0.25) is 9.59 Å². The van der Waals surface area contributed by atoms with Crippen molar-refractivity contribution in [2.24, 2.45) is 5.73 Å². The molecule has 0 aliphatic heterocycles. The van der Waals surface area contributed by atoms with Gasteiger partial charge in [0.25, 0.3) is 11.8 Å². The lowest BCUT2D eigenvalue weighted by Crippen LogP contribution is -2.17. The van der Waals surface area contributed by atoms with Crippen molar-refractivity contribution < 1.29 is 28.2 Å². The summed E-state index contributed by atoms with van der Waals surface area (Å²) in [5.74, 6) is -0.391. The topological polar surface area (TPSA) is 113 Å². The Hall–Kier alpha value is -3.68. The number of furan rings is 1. The number of nitrogens with two attached hydrogens (primary N) is 1. The number of methoxy groups -OCH3 is 3. The summed E-state index contributed by atoms with van der Waals surface area (Å²) in [5, 5.41) is 3.25. The van der Waals surface area contributed by atoms with Crippen LogP contribution in [-0.2, 0) is 0 Å². The number of rotatable bonds is 6. The average molecular weight is 370 g/mol. The fourth-order valence-corrected chi connectivity index (χ4v) is 2.74. The van der Waals surface area contributed by atoms with Crippen molar-refractivity contribution in [3.8, 4) is 17.2 Å². The van der Waals surface area contributed by atoms with Gasteiger partial charge >= 0.3 is 0 Å². The van der Waals surface area contributed by atoms with Crippen LogP contribution in [0.3, 0.4) is 0 Å². The summed E-state index contributed by atoms with van der Waals surface area (Å²) in [4.78, 5) is 24.5. The molecule has 3 N–H and O–H groups in total. The lowest BCUT2D eigenvalue weighted by atomic mass is 10.1. The third kappa shape index (κ3) is 3.24. The van der Waals surface area contributed by atoms with Crippen LogP contribution in [0.15, 0.2) is 40.8 Å². The highest BCUT2D eigenvalue weighted by Crippen LogP contribution is 2.38. The third-order valence-corrected chi connectivity index (χ3v) is 3.98. The summed E-state index contributed by atoms with van der Waals surface area (Å²) in [7, 11) is 4.37. The molecule has 0 fully saturated rings. The molecule has 1 aromatic heterocycles. The summed E-state index contributed by atoms with van der Waals surface area (Å²) < 4.78 is 21.2. The van der Waals surface area contributed by atoms with E-state index in [9.17, 15) is 9.59 Å². The van der Waals surface area contributed by atoms with Gasteiger partial charge in [-0.2, -0.15) is 0 Å². The first kappa shape index (κ1) is 18.1. The Labute approximate surface area is 154 Å². The second-order valence-corrected chi connectivity index (χ2v) is 5.53. The molecule has 0 spiro atoms. The summed E-state index contributed by atoms with van der Waals surface area (Å²) in [5.41, 5.74) is 6.26. The molecular weight excluding hydrogens is 352 g/mol. The van der Waals surface area contributed by atoms with Crippen molar-refractivity contribution in [3.63, 3.8) is 0 Å². The molecule has 3 rings (SSSR count). The molecule has 8 heteroatoms. The SMILES string of the molecule is COc1cc(C(=O)Nc2c(C(N)=O)oc3ccccc23)cc(OC)c1OC. The van der Waals surface area contributed by atoms with Gasteiger partial charge in [-0.05, 0) is 24.3 Å². The van der Waals surface area contributed by atoms with Crippen molar-refractivity contribution in [1.82, 2.24) is 0 Å². The molecule has 1 heterocycles. The molecule has 0 unspecified atom stereocenters. The maximum atomic E-state index is 12.8. The summed E-state index contributed by atoms with van der Waals surface area (Å²) in [6.07, 6.45) is 0. The van der Waals surface area contributed by atoms with Gasteiger partial charge < -0.3 is 29.7 Å². The standard InChI is InChI=1S/C19H18N2O6/c1-24-13-8-10(9-14(25-2)16(13)26-3)19(23)21-15-11-6-4-5-7-12(11)27-17(15)18(20)22/h4-9H,1-3H3,(H2,20,22)(H,21,23). The average Bonchev–Trinajstić information content (AvgIpc) is 3.05. The van der Waals surface area contributed by atoms with Gasteiger partial charge in [-0.25, -0.2) is 0 Å². The van der Waals surface area contributed by atoms with E-state index in [4.69, 9.17) is 24.4 Å². The fraction of sp³-hybridized carbons (Fsp3) is 0.158. The van der Waals surface area contributed by atoms with E-state index in [0.717, 1.165) is 0 Å². The van der Waals surface area contributed by atoms with E-state index >= 15 is 0 Å². The number of para-hydroxylation sites is 1. The first-order valence-corrected chi connectivity index (χ1v) is 7.92. The van der Waals surface area contributed by atoms with Crippen LogP contribution in [-0.4, -0.2) is 33.1 Å². The quantitative estimate of drug-likeness (QED) is 0.690. The number of hydrogen-bond donors (Lipinski definition) is 2. The first-order valence-electron chi connectivity index (χ1n) is 7.92. The predicted molar refractivity (Wildman–Crippen MR) is 98.8 cm³/mol. The Morgan fingerprint density at radius 2 is 1.63 bits per heavy atom. The molecule has 0 aliphatic rings. The van der Waals surface area contributed by atoms with Crippen LogP contribution in [0.25, 0.3) is 11.0 Å². The lowest BCUT2D eigenvalue weighted by molar-refractivity contribution is 0.0977. The minimum Gasteiger partial charge on any atom is -0.493 e. The molecule has 0 radical (unpaired) electrons. The summed E-state index contributed by atoms with van der Waals surface area (Å²) in [6, 6.07) is 9.91. The van der Waals surface area contributed by atoms with Gasteiger partial charge in [0.05, 0.1) is 21.3 Å². The van der Waals surface area contributed by atoms with E-state index in [1.807, 2.05) is 0 Å². The third-order valence-electron chi connectivity index (χ3n) is 3.98. The Morgan fingerprint density at radius 1 is 1.00 bits per heavy atom. The molecule has 0 atom stereocenters. The molecule has 0 bridgehead atoms. The maximum absolute atomic E-state index is 12.8. The van der Waals surface area contributed by atoms with E-state index in [0.29, 0.717) is 28.2 Å². The van der Waals surface area contributed by atoms with Crippen molar-refractivity contribution in [3.05, 3.63) is 47.7 Å². The molecule has 27 heavy (non-hydrogen) atoms. The van der Waals surface area contributed by atoms with Crippen molar-refractivity contribution in [2.45, 2.75) is 0 Å². The van der Waals surface area contributed by atoms with E-state index < -0.39 is 11.8 Å². The van der Waals surface area contributed by atoms with Crippen LogP contribution >= 0.6 is 0 Å². The largest absolute Gasteiger partial charge is 0.493 e. The van der Waals surface area contributed by atoms with Crippen LogP contribution in [0.2, 0.25) is 0 Å². The highest BCUT2D eigenvalue weighted by molar-refractivity contribution is 6.14. The molecule has 8 nitrogen and oxygen atoms in total. The summed E-state index contributed by atoms with van der Waals surface area (Å²) >= 11 is 0. The van der Waals surface area contributed by atoms with Gasteiger partial charge in [0, 0.05) is 10.9 Å². The van der Waals surface area contributed by atoms with E-state index in [2.05, 4.69) is 5.32 Å². The van der Waals surface area contributed by atoms with Gasteiger partial charge in [-0.15, -0.1) is 0 Å². The molecule has 140 valence electrons. The molecule has 0 aliphatic carbocycles. The molecule has 3 aromatic rings. The van der Waals surface area contributed by atoms with Crippen LogP contribution in [0, 0.1) is 0 Å². The Balaban J connectivity index is 2.05. The van der Waals surface area contributed by atoms with Gasteiger partial charge in [0.1, 0.15) is 11.3 Å². The first-order chi connectivity index (χ1) is 13.0. The normalized spacial score (nSPS) is 10.5. The summed E-state index contributed by atoms with van der Waals surface area (Å²) in [6.45, 7) is 0. The molecule has 0 saturated heterocycles. The van der Waals surface area contributed by atoms with Crippen LogP contribution in [0.5, 0.6) is 17.2 Å². The number of primary amides is 1. The smallest absolute Gasteiger partial charge is 0.286 e. The van der Waals surface area contributed by atoms with Gasteiger partial charge in [0.2, 0.25) is 11.5 Å². The second kappa shape index (κ2) is 7.28. The van der Waals surface area contributed by atoms with E-state index in [-0.39, 0.29) is 17.0 Å². The van der Waals surface area contributed by atoms with Gasteiger partial charge in [0.15, 0.2) is 11.5 Å². The lowest BCUT2D eigenvalue weighted by Gasteiger charge is -2.14. The monoisotopic (exact) mass is 370 g/mol. The number of hydrogen-bond acceptors (Lipinski definition) is 6. The number of carbonyl (C=O) groups excluding carboxylic acids is 2. The number of anilines is 1. The zero-order chi connectivity index (χ0) is 19.6. The number of fused-ring (bicyclic) bond motifs is 1. The Morgan fingerprint density at radius 3 is 2.19 bits per heavy atom. The number of amides is 2. The molecular formula is C19H18N2O6. The van der Waals surface area contributed by atoms with Crippen molar-refractivity contribution >= 4 is 28.5 Å². The number of nitrogens with one attached hydrogen (secondary N) is 1. The number of carbonyl (C=O) groups is 2. The van der Waals surface area contributed by atoms with Crippen LogP contribution in [0.1, 0.15) is 20.9 Å². The Bertz CT molecular complexity index is 999. The minimum absolute atomic E-state index is 0.128. The zero-order valence-corrected chi connectivity index (χ0v) is 15.0. The number of ether oxygens (including phenoxy) is 3.